The maximum Gasteiger partial charge on any atom is 0.317 e. The first-order valence-electron chi connectivity index (χ1n) is 9.05. The predicted octanol–water partition coefficient (Wildman–Crippen LogP) is 2.40. The van der Waals surface area contributed by atoms with Crippen molar-refractivity contribution in [1.82, 2.24) is 30.5 Å². The van der Waals surface area contributed by atoms with Crippen LogP contribution in [0.25, 0.3) is 22.2 Å². The summed E-state index contributed by atoms with van der Waals surface area (Å²) in [5.74, 6) is 0.448. The van der Waals surface area contributed by atoms with Gasteiger partial charge < -0.3 is 25.3 Å². The quantitative estimate of drug-likeness (QED) is 0.625. The number of carbonyl (C=O) groups is 1. The van der Waals surface area contributed by atoms with E-state index in [0.29, 0.717) is 23.1 Å². The highest BCUT2D eigenvalue weighted by molar-refractivity contribution is 6.34. The second kappa shape index (κ2) is 8.04. The van der Waals surface area contributed by atoms with Crippen LogP contribution in [-0.2, 0) is 6.54 Å². The van der Waals surface area contributed by atoms with Gasteiger partial charge in [-0.25, -0.2) is 14.8 Å². The minimum absolute atomic E-state index is 0.0487. The van der Waals surface area contributed by atoms with Crippen LogP contribution in [0.4, 0.5) is 4.79 Å². The van der Waals surface area contributed by atoms with Gasteiger partial charge in [-0.1, -0.05) is 11.6 Å². The highest BCUT2D eigenvalue weighted by atomic mass is 35.5. The van der Waals surface area contributed by atoms with Crippen LogP contribution in [0.15, 0.2) is 30.6 Å². The Balaban J connectivity index is 1.51. The van der Waals surface area contributed by atoms with Crippen LogP contribution >= 0.6 is 11.6 Å². The first-order valence-corrected chi connectivity index (χ1v) is 9.43. The molecule has 1 aromatic carbocycles. The Kier molecular flexibility index (Phi) is 5.31. The first-order chi connectivity index (χ1) is 13.6. The minimum atomic E-state index is -0.0487. The van der Waals surface area contributed by atoms with E-state index in [4.69, 9.17) is 16.3 Å². The fraction of sp³-hybridized carbons (Fsp3) is 0.316. The monoisotopic (exact) mass is 400 g/mol. The van der Waals surface area contributed by atoms with E-state index < -0.39 is 0 Å². The third kappa shape index (κ3) is 3.88. The normalized spacial score (nSPS) is 14.3. The maximum absolute atomic E-state index is 12.3. The van der Waals surface area contributed by atoms with E-state index in [-0.39, 0.29) is 6.03 Å². The molecule has 8 nitrogen and oxygen atoms in total. The number of carbonyl (C=O) groups excluding carboxylic acids is 1. The number of nitrogens with zero attached hydrogens (tertiary/aromatic N) is 3. The third-order valence-electron chi connectivity index (χ3n) is 4.71. The summed E-state index contributed by atoms with van der Waals surface area (Å²) in [5, 5.41) is 7.76. The molecule has 4 rings (SSSR count). The van der Waals surface area contributed by atoms with Gasteiger partial charge in [0.2, 0.25) is 5.88 Å². The molecule has 1 saturated heterocycles. The van der Waals surface area contributed by atoms with Crippen molar-refractivity contribution in [2.75, 3.05) is 33.3 Å². The molecule has 3 aromatic rings. The van der Waals surface area contributed by atoms with Crippen molar-refractivity contribution in [2.24, 2.45) is 0 Å². The Labute approximate surface area is 167 Å². The number of methoxy groups -OCH3 is 1. The average molecular weight is 401 g/mol. The molecular formula is C19H21ClN6O2. The fourth-order valence-electron chi connectivity index (χ4n) is 3.22. The third-order valence-corrected chi connectivity index (χ3v) is 5.02. The van der Waals surface area contributed by atoms with Crippen LogP contribution in [0.1, 0.15) is 5.69 Å². The van der Waals surface area contributed by atoms with Crippen molar-refractivity contribution < 1.29 is 9.53 Å². The zero-order chi connectivity index (χ0) is 19.5. The number of fused-ring (bicyclic) bond motifs is 1. The molecular weight excluding hydrogens is 380 g/mol. The molecule has 0 saturated carbocycles. The van der Waals surface area contributed by atoms with E-state index in [2.05, 4.69) is 25.6 Å². The summed E-state index contributed by atoms with van der Waals surface area (Å²) in [6.07, 6.45) is 3.19. The van der Waals surface area contributed by atoms with Crippen LogP contribution in [0.2, 0.25) is 5.02 Å². The van der Waals surface area contributed by atoms with Gasteiger partial charge in [0.15, 0.2) is 0 Å². The summed E-state index contributed by atoms with van der Waals surface area (Å²) >= 11 is 6.45. The summed E-state index contributed by atoms with van der Waals surface area (Å²) in [6, 6.07) is 5.77. The van der Waals surface area contributed by atoms with E-state index >= 15 is 0 Å². The number of halogens is 1. The molecule has 0 radical (unpaired) electrons. The first kappa shape index (κ1) is 18.5. The number of nitrogens with one attached hydrogen (secondary N) is 3. The van der Waals surface area contributed by atoms with E-state index in [9.17, 15) is 4.79 Å². The van der Waals surface area contributed by atoms with Crippen LogP contribution in [0.3, 0.4) is 0 Å². The number of ether oxygens (including phenoxy) is 1. The zero-order valence-electron chi connectivity index (χ0n) is 15.5. The number of aromatic amines is 1. The molecule has 3 heterocycles. The smallest absolute Gasteiger partial charge is 0.317 e. The summed E-state index contributed by atoms with van der Waals surface area (Å²) < 4.78 is 5.04. The predicted molar refractivity (Wildman–Crippen MR) is 108 cm³/mol. The van der Waals surface area contributed by atoms with E-state index in [0.717, 1.165) is 48.3 Å². The minimum Gasteiger partial charge on any atom is -0.480 e. The molecule has 1 fully saturated rings. The number of benzene rings is 1. The lowest BCUT2D eigenvalue weighted by atomic mass is 10.1. The van der Waals surface area contributed by atoms with Crippen LogP contribution in [-0.4, -0.2) is 59.2 Å². The Morgan fingerprint density at radius 1 is 1.25 bits per heavy atom. The van der Waals surface area contributed by atoms with Gasteiger partial charge in [0, 0.05) is 48.3 Å². The molecule has 2 amide bonds. The molecule has 0 aliphatic carbocycles. The van der Waals surface area contributed by atoms with Crippen molar-refractivity contribution in [1.29, 1.82) is 0 Å². The largest absolute Gasteiger partial charge is 0.480 e. The highest BCUT2D eigenvalue weighted by Crippen LogP contribution is 2.31. The molecule has 1 aliphatic rings. The Morgan fingerprint density at radius 3 is 2.79 bits per heavy atom. The van der Waals surface area contributed by atoms with Crippen LogP contribution in [0.5, 0.6) is 5.88 Å². The molecule has 28 heavy (non-hydrogen) atoms. The van der Waals surface area contributed by atoms with Crippen molar-refractivity contribution in [3.05, 3.63) is 41.3 Å². The van der Waals surface area contributed by atoms with Crippen molar-refractivity contribution in [3.8, 4) is 17.1 Å². The summed E-state index contributed by atoms with van der Waals surface area (Å²) in [4.78, 5) is 25.9. The van der Waals surface area contributed by atoms with Gasteiger partial charge in [0.25, 0.3) is 0 Å². The van der Waals surface area contributed by atoms with Gasteiger partial charge >= 0.3 is 6.03 Å². The molecule has 0 atom stereocenters. The molecule has 0 spiro atoms. The number of hydrogen-bond acceptors (Lipinski definition) is 5. The number of aromatic nitrogens is 3. The SMILES string of the molecule is COc1cnc(-c2cc3[nH]c(CNC(=O)N4CCNCC4)cc3cc2Cl)cn1. The molecule has 0 bridgehead atoms. The van der Waals surface area contributed by atoms with E-state index in [1.807, 2.05) is 23.1 Å². The lowest BCUT2D eigenvalue weighted by molar-refractivity contribution is 0.189. The number of urea groups is 1. The second-order valence-corrected chi connectivity index (χ2v) is 6.96. The van der Waals surface area contributed by atoms with E-state index in [1.54, 1.807) is 19.5 Å². The Morgan fingerprint density at radius 2 is 2.07 bits per heavy atom. The molecule has 0 unspecified atom stereocenters. The van der Waals surface area contributed by atoms with Crippen LogP contribution < -0.4 is 15.4 Å². The molecule has 1 aliphatic heterocycles. The Hall–Kier alpha value is -2.84. The molecule has 9 heteroatoms. The number of hydrogen-bond donors (Lipinski definition) is 3. The van der Waals surface area contributed by atoms with E-state index in [1.165, 1.54) is 0 Å². The average Bonchev–Trinajstić information content (AvgIpc) is 3.13. The standard InChI is InChI=1S/C19H21ClN6O2/c1-28-18-11-22-17(10-23-18)14-8-16-12(7-15(14)20)6-13(25-16)9-24-19(27)26-4-2-21-3-5-26/h6-8,10-11,21,25H,2-5,9H2,1H3,(H,24,27). The summed E-state index contributed by atoms with van der Waals surface area (Å²) in [6.45, 7) is 3.53. The molecule has 146 valence electrons. The lowest BCUT2D eigenvalue weighted by Gasteiger charge is -2.27. The van der Waals surface area contributed by atoms with Gasteiger partial charge in [0.1, 0.15) is 0 Å². The topological polar surface area (TPSA) is 95.2 Å². The van der Waals surface area contributed by atoms with Gasteiger partial charge in [-0.3, -0.25) is 0 Å². The van der Waals surface area contributed by atoms with Crippen LogP contribution in [0, 0.1) is 0 Å². The number of amides is 2. The van der Waals surface area contributed by atoms with Crippen molar-refractivity contribution >= 4 is 28.5 Å². The zero-order valence-corrected chi connectivity index (χ0v) is 16.2. The maximum atomic E-state index is 12.3. The highest BCUT2D eigenvalue weighted by Gasteiger charge is 2.16. The summed E-state index contributed by atoms with van der Waals surface area (Å²) in [5.41, 5.74) is 3.27. The number of rotatable bonds is 4. The fourth-order valence-corrected chi connectivity index (χ4v) is 3.48. The number of piperazine rings is 1. The lowest BCUT2D eigenvalue weighted by Crippen LogP contribution is -2.50. The van der Waals surface area contributed by atoms with Gasteiger partial charge in [0.05, 0.1) is 36.8 Å². The summed E-state index contributed by atoms with van der Waals surface area (Å²) in [7, 11) is 1.55. The van der Waals surface area contributed by atoms with Gasteiger partial charge in [-0.2, -0.15) is 0 Å². The van der Waals surface area contributed by atoms with Gasteiger partial charge in [-0.05, 0) is 18.2 Å². The molecule has 3 N–H and O–H groups in total. The Bertz CT molecular complexity index is 982. The van der Waals surface area contributed by atoms with Gasteiger partial charge in [-0.15, -0.1) is 0 Å². The van der Waals surface area contributed by atoms with Crippen molar-refractivity contribution in [3.63, 3.8) is 0 Å². The number of H-pyrrole nitrogens is 1. The molecule has 2 aromatic heterocycles. The second-order valence-electron chi connectivity index (χ2n) is 6.55. The van der Waals surface area contributed by atoms with Crippen molar-refractivity contribution in [2.45, 2.75) is 6.54 Å².